The second-order valence-electron chi connectivity index (χ2n) is 6.49. The lowest BCUT2D eigenvalue weighted by Gasteiger charge is -2.16. The fourth-order valence-corrected chi connectivity index (χ4v) is 3.26. The molecule has 0 saturated carbocycles. The van der Waals surface area contributed by atoms with Crippen molar-refractivity contribution in [2.75, 3.05) is 11.9 Å². The van der Waals surface area contributed by atoms with Gasteiger partial charge in [0.05, 0.1) is 17.0 Å². The van der Waals surface area contributed by atoms with Gasteiger partial charge in [0.25, 0.3) is 0 Å². The largest absolute Gasteiger partial charge is 0.338 e. The number of benzene rings is 2. The second-order valence-corrected chi connectivity index (χ2v) is 6.49. The fourth-order valence-electron chi connectivity index (χ4n) is 3.26. The van der Waals surface area contributed by atoms with E-state index in [1.807, 2.05) is 30.3 Å². The zero-order chi connectivity index (χ0) is 18.1. The number of amides is 2. The summed E-state index contributed by atoms with van der Waals surface area (Å²) in [5, 5.41) is 2.84. The Labute approximate surface area is 149 Å². The van der Waals surface area contributed by atoms with Gasteiger partial charge in [-0.05, 0) is 23.8 Å². The molecule has 1 unspecified atom stereocenters. The first-order valence-corrected chi connectivity index (χ1v) is 8.43. The third kappa shape index (κ3) is 3.23. The summed E-state index contributed by atoms with van der Waals surface area (Å²) in [5.41, 5.74) is 2.65. The van der Waals surface area contributed by atoms with Crippen LogP contribution in [0.4, 0.5) is 5.69 Å². The molecule has 3 aromatic rings. The number of nitrogens with one attached hydrogen (secondary N) is 3. The monoisotopic (exact) mass is 350 g/mol. The first-order chi connectivity index (χ1) is 12.6. The lowest BCUT2D eigenvalue weighted by atomic mass is 10.1. The summed E-state index contributed by atoms with van der Waals surface area (Å²) in [4.78, 5) is 43.1. The number of nitrogens with zero attached hydrogens (tertiary/aromatic N) is 1. The highest BCUT2D eigenvalue weighted by Crippen LogP contribution is 2.22. The van der Waals surface area contributed by atoms with Crippen LogP contribution >= 0.6 is 0 Å². The molecule has 1 aliphatic rings. The summed E-state index contributed by atoms with van der Waals surface area (Å²) in [7, 11) is 0. The molecule has 2 aromatic carbocycles. The molecule has 1 atom stereocenters. The minimum absolute atomic E-state index is 0.0144. The number of fused-ring (bicyclic) bond motifs is 1. The van der Waals surface area contributed by atoms with Crippen LogP contribution in [0.25, 0.3) is 11.0 Å². The van der Waals surface area contributed by atoms with Crippen LogP contribution in [-0.4, -0.2) is 33.2 Å². The molecule has 1 aromatic heterocycles. The molecule has 2 amide bonds. The first-order valence-electron chi connectivity index (χ1n) is 8.43. The fraction of sp³-hybridized carbons (Fsp3) is 0.211. The van der Waals surface area contributed by atoms with E-state index < -0.39 is 0 Å². The highest BCUT2D eigenvalue weighted by atomic mass is 16.2. The van der Waals surface area contributed by atoms with Gasteiger partial charge in [-0.2, -0.15) is 0 Å². The van der Waals surface area contributed by atoms with E-state index in [9.17, 15) is 14.4 Å². The Morgan fingerprint density at radius 1 is 1.08 bits per heavy atom. The summed E-state index contributed by atoms with van der Waals surface area (Å²) in [6.07, 6.45) is 0.210. The Morgan fingerprint density at radius 2 is 1.85 bits per heavy atom. The number of aromatic nitrogens is 2. The predicted molar refractivity (Wildman–Crippen MR) is 97.5 cm³/mol. The quantitative estimate of drug-likeness (QED) is 0.670. The van der Waals surface area contributed by atoms with Crippen LogP contribution in [0.15, 0.2) is 53.3 Å². The van der Waals surface area contributed by atoms with Crippen LogP contribution in [0.5, 0.6) is 0 Å². The summed E-state index contributed by atoms with van der Waals surface area (Å²) in [6.45, 7) is 0.919. The van der Waals surface area contributed by atoms with Crippen LogP contribution in [0.2, 0.25) is 0 Å². The maximum absolute atomic E-state index is 12.5. The second kappa shape index (κ2) is 6.51. The van der Waals surface area contributed by atoms with E-state index >= 15 is 0 Å². The van der Waals surface area contributed by atoms with Crippen molar-refractivity contribution in [1.29, 1.82) is 0 Å². The average molecular weight is 350 g/mol. The molecule has 7 heteroatoms. The molecule has 4 rings (SSSR count). The lowest BCUT2D eigenvalue weighted by Crippen LogP contribution is -2.28. The van der Waals surface area contributed by atoms with Gasteiger partial charge < -0.3 is 20.2 Å². The number of rotatable bonds is 4. The summed E-state index contributed by atoms with van der Waals surface area (Å²) >= 11 is 0. The number of carbonyl (C=O) groups is 2. The topological polar surface area (TPSA) is 98.1 Å². The maximum atomic E-state index is 12.5. The van der Waals surface area contributed by atoms with E-state index in [1.54, 1.807) is 23.1 Å². The van der Waals surface area contributed by atoms with Gasteiger partial charge in [0.2, 0.25) is 11.8 Å². The predicted octanol–water partition coefficient (Wildman–Crippen LogP) is 1.84. The third-order valence-corrected chi connectivity index (χ3v) is 4.59. The first kappa shape index (κ1) is 16.1. The van der Waals surface area contributed by atoms with Crippen molar-refractivity contribution in [2.45, 2.75) is 13.0 Å². The third-order valence-electron chi connectivity index (χ3n) is 4.59. The van der Waals surface area contributed by atoms with Gasteiger partial charge in [-0.15, -0.1) is 0 Å². The smallest absolute Gasteiger partial charge is 0.323 e. The number of carbonyl (C=O) groups excluding carboxylic acids is 2. The molecule has 0 aliphatic carbocycles. The van der Waals surface area contributed by atoms with E-state index in [1.165, 1.54) is 0 Å². The van der Waals surface area contributed by atoms with E-state index in [2.05, 4.69) is 15.3 Å². The Kier molecular flexibility index (Phi) is 4.04. The van der Waals surface area contributed by atoms with Crippen molar-refractivity contribution in [3.63, 3.8) is 0 Å². The van der Waals surface area contributed by atoms with E-state index in [0.29, 0.717) is 29.8 Å². The highest BCUT2D eigenvalue weighted by Gasteiger charge is 2.34. The van der Waals surface area contributed by atoms with E-state index in [4.69, 9.17) is 0 Å². The van der Waals surface area contributed by atoms with Crippen molar-refractivity contribution in [3.8, 4) is 0 Å². The Balaban J connectivity index is 1.43. The number of hydrogen-bond donors (Lipinski definition) is 3. The molecule has 0 bridgehead atoms. The molecule has 7 nitrogen and oxygen atoms in total. The van der Waals surface area contributed by atoms with Crippen LogP contribution in [0.3, 0.4) is 0 Å². The SMILES string of the molecule is O=C(Nc1ccc2[nH]c(=O)[nH]c2c1)C1CC(=O)N(Cc2ccccc2)C1. The molecule has 132 valence electrons. The van der Waals surface area contributed by atoms with Crippen molar-refractivity contribution in [2.24, 2.45) is 5.92 Å². The molecule has 1 fully saturated rings. The molecule has 0 radical (unpaired) electrons. The molecule has 26 heavy (non-hydrogen) atoms. The van der Waals surface area contributed by atoms with E-state index in [-0.39, 0.29) is 29.8 Å². The van der Waals surface area contributed by atoms with Gasteiger partial charge in [-0.25, -0.2) is 4.79 Å². The molecular weight excluding hydrogens is 332 g/mol. The highest BCUT2D eigenvalue weighted by molar-refractivity contribution is 5.98. The Morgan fingerprint density at radius 3 is 2.65 bits per heavy atom. The summed E-state index contributed by atoms with van der Waals surface area (Å²) in [5.74, 6) is -0.585. The number of imidazole rings is 1. The van der Waals surface area contributed by atoms with Gasteiger partial charge in [-0.3, -0.25) is 9.59 Å². The van der Waals surface area contributed by atoms with Crippen molar-refractivity contribution < 1.29 is 9.59 Å². The molecular formula is C19H18N4O3. The van der Waals surface area contributed by atoms with Gasteiger partial charge >= 0.3 is 5.69 Å². The van der Waals surface area contributed by atoms with Gasteiger partial charge in [0, 0.05) is 25.2 Å². The zero-order valence-electron chi connectivity index (χ0n) is 14.0. The number of hydrogen-bond acceptors (Lipinski definition) is 3. The zero-order valence-corrected chi connectivity index (χ0v) is 14.0. The van der Waals surface area contributed by atoms with Crippen LogP contribution in [0.1, 0.15) is 12.0 Å². The number of anilines is 1. The molecule has 3 N–H and O–H groups in total. The Hall–Kier alpha value is -3.35. The Bertz CT molecular complexity index is 1020. The molecule has 2 heterocycles. The normalized spacial score (nSPS) is 17.0. The van der Waals surface area contributed by atoms with Crippen LogP contribution < -0.4 is 11.0 Å². The van der Waals surface area contributed by atoms with E-state index in [0.717, 1.165) is 5.56 Å². The molecule has 0 spiro atoms. The molecule has 1 aliphatic heterocycles. The van der Waals surface area contributed by atoms with Crippen molar-refractivity contribution in [1.82, 2.24) is 14.9 Å². The molecule has 1 saturated heterocycles. The maximum Gasteiger partial charge on any atom is 0.323 e. The van der Waals surface area contributed by atoms with Crippen molar-refractivity contribution in [3.05, 3.63) is 64.6 Å². The summed E-state index contributed by atoms with van der Waals surface area (Å²) < 4.78 is 0. The average Bonchev–Trinajstić information content (AvgIpc) is 3.17. The number of aromatic amines is 2. The van der Waals surface area contributed by atoms with Gasteiger partial charge in [0.15, 0.2) is 0 Å². The lowest BCUT2D eigenvalue weighted by molar-refractivity contribution is -0.128. The van der Waals surface area contributed by atoms with Gasteiger partial charge in [0.1, 0.15) is 0 Å². The number of likely N-dealkylation sites (tertiary alicyclic amines) is 1. The number of H-pyrrole nitrogens is 2. The standard InChI is InChI=1S/C19H18N4O3/c24-17-8-13(11-23(17)10-12-4-2-1-3-5-12)18(25)20-14-6-7-15-16(9-14)22-19(26)21-15/h1-7,9,13H,8,10-11H2,(H,20,25)(H2,21,22,26). The van der Waals surface area contributed by atoms with Crippen LogP contribution in [0, 0.1) is 5.92 Å². The van der Waals surface area contributed by atoms with Crippen LogP contribution in [-0.2, 0) is 16.1 Å². The minimum atomic E-state index is -0.382. The minimum Gasteiger partial charge on any atom is -0.338 e. The van der Waals surface area contributed by atoms with Gasteiger partial charge in [-0.1, -0.05) is 30.3 Å². The van der Waals surface area contributed by atoms with Crippen molar-refractivity contribution >= 4 is 28.5 Å². The summed E-state index contributed by atoms with van der Waals surface area (Å²) in [6, 6.07) is 14.9.